The summed E-state index contributed by atoms with van der Waals surface area (Å²) < 4.78 is 0. The fraction of sp³-hybridized carbons (Fsp3) is 0.400. The average Bonchev–Trinajstić information content (AvgIpc) is 2.85. The van der Waals surface area contributed by atoms with Crippen LogP contribution in [0.1, 0.15) is 29.2 Å². The molecule has 5 heteroatoms. The highest BCUT2D eigenvalue weighted by Crippen LogP contribution is 2.24. The number of imidazole rings is 1. The summed E-state index contributed by atoms with van der Waals surface area (Å²) >= 11 is 0. The zero-order valence-corrected chi connectivity index (χ0v) is 11.5. The van der Waals surface area contributed by atoms with Crippen molar-refractivity contribution in [2.75, 3.05) is 0 Å². The molecule has 2 aromatic heterocycles. The van der Waals surface area contributed by atoms with Crippen molar-refractivity contribution < 1.29 is 4.79 Å². The lowest BCUT2D eigenvalue weighted by molar-refractivity contribution is -0.125. The van der Waals surface area contributed by atoms with Crippen LogP contribution >= 0.6 is 0 Å². The average molecular weight is 270 g/mol. The number of aromatic nitrogens is 3. The van der Waals surface area contributed by atoms with Crippen molar-refractivity contribution >= 4 is 5.91 Å². The van der Waals surface area contributed by atoms with Crippen molar-refractivity contribution in [2.45, 2.75) is 32.7 Å². The third kappa shape index (κ3) is 2.71. The molecule has 1 aliphatic rings. The second-order valence-corrected chi connectivity index (χ2v) is 5.26. The lowest BCUT2D eigenvalue weighted by Crippen LogP contribution is -2.33. The van der Waals surface area contributed by atoms with Gasteiger partial charge in [0, 0.05) is 37.0 Å². The van der Waals surface area contributed by atoms with E-state index in [-0.39, 0.29) is 11.8 Å². The van der Waals surface area contributed by atoms with Crippen LogP contribution in [0.15, 0.2) is 24.5 Å². The van der Waals surface area contributed by atoms with Crippen LogP contribution in [0.25, 0.3) is 0 Å². The standard InChI is InChI=1S/C15H18N4O/c1-10-18-13-3-2-12(8-14(13)19-10)15(20)17-9-11-4-6-16-7-5-11/h4-7,12H,2-3,8-9H2,1H3,(H,17,20)(H,18,19). The van der Waals surface area contributed by atoms with Crippen molar-refractivity contribution in [1.29, 1.82) is 0 Å². The van der Waals surface area contributed by atoms with E-state index in [1.54, 1.807) is 12.4 Å². The predicted octanol–water partition coefficient (Wildman–Crippen LogP) is 1.53. The van der Waals surface area contributed by atoms with E-state index < -0.39 is 0 Å². The van der Waals surface area contributed by atoms with Gasteiger partial charge in [0.1, 0.15) is 5.82 Å². The predicted molar refractivity (Wildman–Crippen MR) is 74.9 cm³/mol. The van der Waals surface area contributed by atoms with Crippen molar-refractivity contribution in [3.05, 3.63) is 47.3 Å². The Morgan fingerprint density at radius 2 is 2.25 bits per heavy atom. The molecule has 20 heavy (non-hydrogen) atoms. The van der Waals surface area contributed by atoms with E-state index in [1.165, 1.54) is 0 Å². The van der Waals surface area contributed by atoms with E-state index in [0.29, 0.717) is 6.54 Å². The van der Waals surface area contributed by atoms with Gasteiger partial charge < -0.3 is 10.3 Å². The topological polar surface area (TPSA) is 70.7 Å². The molecule has 0 bridgehead atoms. The van der Waals surface area contributed by atoms with Gasteiger partial charge in [-0.05, 0) is 37.5 Å². The molecule has 0 fully saturated rings. The number of pyridine rings is 1. The van der Waals surface area contributed by atoms with Gasteiger partial charge in [-0.15, -0.1) is 0 Å². The number of carbonyl (C=O) groups is 1. The maximum atomic E-state index is 12.2. The highest BCUT2D eigenvalue weighted by molar-refractivity contribution is 5.79. The number of amides is 1. The Kier molecular flexibility index (Phi) is 3.50. The number of hydrogen-bond acceptors (Lipinski definition) is 3. The first-order valence-corrected chi connectivity index (χ1v) is 6.93. The molecule has 2 N–H and O–H groups in total. The van der Waals surface area contributed by atoms with Gasteiger partial charge in [-0.25, -0.2) is 4.98 Å². The molecule has 2 aromatic rings. The molecule has 5 nitrogen and oxygen atoms in total. The molecule has 1 amide bonds. The summed E-state index contributed by atoms with van der Waals surface area (Å²) in [5.74, 6) is 1.11. The van der Waals surface area contributed by atoms with Gasteiger partial charge in [-0.3, -0.25) is 9.78 Å². The number of carbonyl (C=O) groups excluding carboxylic acids is 1. The van der Waals surface area contributed by atoms with E-state index in [0.717, 1.165) is 42.0 Å². The fourth-order valence-electron chi connectivity index (χ4n) is 2.68. The summed E-state index contributed by atoms with van der Waals surface area (Å²) in [4.78, 5) is 23.9. The van der Waals surface area contributed by atoms with E-state index in [4.69, 9.17) is 0 Å². The summed E-state index contributed by atoms with van der Waals surface area (Å²) in [7, 11) is 0. The summed E-state index contributed by atoms with van der Waals surface area (Å²) in [6.07, 6.45) is 5.99. The van der Waals surface area contributed by atoms with Crippen LogP contribution in [-0.4, -0.2) is 20.9 Å². The van der Waals surface area contributed by atoms with Gasteiger partial charge in [0.15, 0.2) is 0 Å². The SMILES string of the molecule is Cc1nc2c([nH]1)CC(C(=O)NCc1ccncc1)CC2. The van der Waals surface area contributed by atoms with E-state index in [1.807, 2.05) is 19.1 Å². The zero-order valence-electron chi connectivity index (χ0n) is 11.5. The lowest BCUT2D eigenvalue weighted by Gasteiger charge is -2.20. The minimum atomic E-state index is 0.0455. The Balaban J connectivity index is 1.59. The first-order chi connectivity index (χ1) is 9.72. The maximum absolute atomic E-state index is 12.2. The van der Waals surface area contributed by atoms with Crippen molar-refractivity contribution in [3.63, 3.8) is 0 Å². The van der Waals surface area contributed by atoms with E-state index >= 15 is 0 Å². The Morgan fingerprint density at radius 3 is 3.05 bits per heavy atom. The second-order valence-electron chi connectivity index (χ2n) is 5.26. The summed E-state index contributed by atoms with van der Waals surface area (Å²) in [5.41, 5.74) is 3.32. The Labute approximate surface area is 117 Å². The molecule has 0 radical (unpaired) electrons. The van der Waals surface area contributed by atoms with Crippen LogP contribution in [0.2, 0.25) is 0 Å². The summed E-state index contributed by atoms with van der Waals surface area (Å²) in [6.45, 7) is 2.52. The highest BCUT2D eigenvalue weighted by Gasteiger charge is 2.26. The first-order valence-electron chi connectivity index (χ1n) is 6.93. The van der Waals surface area contributed by atoms with Crippen molar-refractivity contribution in [3.8, 4) is 0 Å². The number of aromatic amines is 1. The Hall–Kier alpha value is -2.17. The number of fused-ring (bicyclic) bond motifs is 1. The van der Waals surface area contributed by atoms with Gasteiger partial charge in [0.05, 0.1) is 5.69 Å². The van der Waals surface area contributed by atoms with Crippen LogP contribution < -0.4 is 5.32 Å². The Morgan fingerprint density at radius 1 is 1.45 bits per heavy atom. The molecule has 0 saturated heterocycles. The molecule has 0 saturated carbocycles. The molecule has 1 aliphatic carbocycles. The van der Waals surface area contributed by atoms with Crippen molar-refractivity contribution in [2.24, 2.45) is 5.92 Å². The Bertz CT molecular complexity index is 606. The summed E-state index contributed by atoms with van der Waals surface area (Å²) in [6, 6.07) is 3.83. The molecule has 1 atom stereocenters. The van der Waals surface area contributed by atoms with Gasteiger partial charge in [-0.2, -0.15) is 0 Å². The molecule has 1 unspecified atom stereocenters. The molecule has 3 rings (SSSR count). The monoisotopic (exact) mass is 270 g/mol. The van der Waals surface area contributed by atoms with Crippen LogP contribution in [0.5, 0.6) is 0 Å². The van der Waals surface area contributed by atoms with Crippen molar-refractivity contribution in [1.82, 2.24) is 20.3 Å². The maximum Gasteiger partial charge on any atom is 0.223 e. The molecule has 0 aromatic carbocycles. The number of nitrogens with zero attached hydrogens (tertiary/aromatic N) is 2. The van der Waals surface area contributed by atoms with Gasteiger partial charge in [0.2, 0.25) is 5.91 Å². The van der Waals surface area contributed by atoms with E-state index in [9.17, 15) is 4.79 Å². The van der Waals surface area contributed by atoms with Gasteiger partial charge in [0.25, 0.3) is 0 Å². The number of hydrogen-bond donors (Lipinski definition) is 2. The molecule has 2 heterocycles. The molecule has 104 valence electrons. The number of rotatable bonds is 3. The summed E-state index contributed by atoms with van der Waals surface area (Å²) in [5, 5.41) is 3.01. The van der Waals surface area contributed by atoms with Gasteiger partial charge >= 0.3 is 0 Å². The number of aryl methyl sites for hydroxylation is 2. The second kappa shape index (κ2) is 5.45. The molecule has 0 aliphatic heterocycles. The highest BCUT2D eigenvalue weighted by atomic mass is 16.1. The molecular weight excluding hydrogens is 252 g/mol. The quantitative estimate of drug-likeness (QED) is 0.888. The fourth-order valence-corrected chi connectivity index (χ4v) is 2.68. The molecular formula is C15H18N4O. The lowest BCUT2D eigenvalue weighted by atomic mass is 9.89. The van der Waals surface area contributed by atoms with Crippen LogP contribution in [0, 0.1) is 12.8 Å². The van der Waals surface area contributed by atoms with Crippen LogP contribution in [-0.2, 0) is 24.2 Å². The molecule has 0 spiro atoms. The first kappa shape index (κ1) is 12.8. The minimum Gasteiger partial charge on any atom is -0.352 e. The normalized spacial score (nSPS) is 17.6. The van der Waals surface area contributed by atoms with E-state index in [2.05, 4.69) is 20.3 Å². The smallest absolute Gasteiger partial charge is 0.223 e. The zero-order chi connectivity index (χ0) is 13.9. The van der Waals surface area contributed by atoms with Crippen LogP contribution in [0.4, 0.5) is 0 Å². The number of H-pyrrole nitrogens is 1. The third-order valence-electron chi connectivity index (χ3n) is 3.75. The van der Waals surface area contributed by atoms with Crippen LogP contribution in [0.3, 0.4) is 0 Å². The third-order valence-corrected chi connectivity index (χ3v) is 3.75. The minimum absolute atomic E-state index is 0.0455. The largest absolute Gasteiger partial charge is 0.352 e. The number of nitrogens with one attached hydrogen (secondary N) is 2. The van der Waals surface area contributed by atoms with Gasteiger partial charge in [-0.1, -0.05) is 0 Å².